The second-order valence-electron chi connectivity index (χ2n) is 4.95. The molecule has 0 aliphatic heterocycles. The first-order valence-corrected chi connectivity index (χ1v) is 6.99. The van der Waals surface area contributed by atoms with Gasteiger partial charge in [-0.1, -0.05) is 32.3 Å². The summed E-state index contributed by atoms with van der Waals surface area (Å²) in [5, 5.41) is 0. The summed E-state index contributed by atoms with van der Waals surface area (Å²) >= 11 is 0. The van der Waals surface area contributed by atoms with E-state index in [0.29, 0.717) is 12.8 Å². The van der Waals surface area contributed by atoms with E-state index in [1.165, 1.54) is 26.4 Å². The Hall–Kier alpha value is -1.12. The van der Waals surface area contributed by atoms with Crippen molar-refractivity contribution in [3.63, 3.8) is 0 Å². The summed E-state index contributed by atoms with van der Waals surface area (Å²) in [6.45, 7) is 2.19. The maximum absolute atomic E-state index is 11.8. The molecule has 0 aromatic carbocycles. The third-order valence-electron chi connectivity index (χ3n) is 3.54. The Kier molecular flexibility index (Phi) is 6.69. The Labute approximate surface area is 110 Å². The molecule has 3 nitrogen and oxygen atoms in total. The number of ether oxygens (including phenoxy) is 1. The van der Waals surface area contributed by atoms with Crippen LogP contribution in [0.1, 0.15) is 58.3 Å². The van der Waals surface area contributed by atoms with E-state index in [-0.39, 0.29) is 17.7 Å². The van der Waals surface area contributed by atoms with Crippen molar-refractivity contribution in [1.29, 1.82) is 0 Å². The van der Waals surface area contributed by atoms with Gasteiger partial charge in [-0.15, -0.1) is 0 Å². The first-order chi connectivity index (χ1) is 8.69. The number of carbonyl (C=O) groups excluding carboxylic acids is 2. The molecule has 0 spiro atoms. The molecule has 1 aliphatic carbocycles. The van der Waals surface area contributed by atoms with Crippen LogP contribution in [0.3, 0.4) is 0 Å². The van der Waals surface area contributed by atoms with E-state index in [1.54, 1.807) is 0 Å². The molecule has 1 aliphatic rings. The Balaban J connectivity index is 2.45. The molecule has 1 fully saturated rings. The minimum absolute atomic E-state index is 0.0936. The smallest absolute Gasteiger partial charge is 0.306 e. The quantitative estimate of drug-likeness (QED) is 0.396. The second-order valence-corrected chi connectivity index (χ2v) is 4.95. The topological polar surface area (TPSA) is 43.4 Å². The maximum Gasteiger partial charge on any atom is 0.306 e. The number of methoxy groups -OCH3 is 1. The molecule has 0 aromatic heterocycles. The van der Waals surface area contributed by atoms with Crippen LogP contribution in [0.25, 0.3) is 0 Å². The maximum atomic E-state index is 11.8. The number of hydrogen-bond donors (Lipinski definition) is 0. The van der Waals surface area contributed by atoms with Crippen molar-refractivity contribution in [3.8, 4) is 0 Å². The molecular formula is C15H24O3. The van der Waals surface area contributed by atoms with Gasteiger partial charge in [-0.2, -0.15) is 0 Å². The Morgan fingerprint density at radius 1 is 1.39 bits per heavy atom. The normalized spacial score (nSPS) is 21.6. The number of hydrogen-bond acceptors (Lipinski definition) is 3. The van der Waals surface area contributed by atoms with Crippen LogP contribution in [-0.2, 0) is 14.3 Å². The molecule has 1 saturated carbocycles. The average molecular weight is 252 g/mol. The Morgan fingerprint density at radius 2 is 2.17 bits per heavy atom. The molecule has 0 heterocycles. The number of Topliss-reactive ketones (excluding diaryl/α,β-unsaturated/α-hetero) is 1. The van der Waals surface area contributed by atoms with Gasteiger partial charge in [0.2, 0.25) is 0 Å². The monoisotopic (exact) mass is 252 g/mol. The van der Waals surface area contributed by atoms with Crippen molar-refractivity contribution in [2.75, 3.05) is 7.11 Å². The minimum Gasteiger partial charge on any atom is -0.469 e. The van der Waals surface area contributed by atoms with Crippen LogP contribution in [0.15, 0.2) is 11.6 Å². The van der Waals surface area contributed by atoms with Gasteiger partial charge >= 0.3 is 5.97 Å². The fourth-order valence-corrected chi connectivity index (χ4v) is 2.44. The van der Waals surface area contributed by atoms with E-state index in [1.807, 2.05) is 0 Å². The summed E-state index contributed by atoms with van der Waals surface area (Å²) in [6.07, 6.45) is 9.58. The lowest BCUT2D eigenvalue weighted by Gasteiger charge is -2.09. The third-order valence-corrected chi connectivity index (χ3v) is 3.54. The number of carbonyl (C=O) groups is 2. The van der Waals surface area contributed by atoms with Crippen LogP contribution in [0.5, 0.6) is 0 Å². The Bertz CT molecular complexity index is 318. The fraction of sp³-hybridized carbons (Fsp3) is 0.733. The van der Waals surface area contributed by atoms with Gasteiger partial charge in [-0.25, -0.2) is 0 Å². The predicted molar refractivity (Wildman–Crippen MR) is 71.2 cm³/mol. The highest BCUT2D eigenvalue weighted by Crippen LogP contribution is 2.31. The zero-order chi connectivity index (χ0) is 13.4. The van der Waals surface area contributed by atoms with Gasteiger partial charge in [0.1, 0.15) is 0 Å². The molecule has 0 saturated heterocycles. The summed E-state index contributed by atoms with van der Waals surface area (Å²) < 4.78 is 4.68. The van der Waals surface area contributed by atoms with Crippen molar-refractivity contribution in [2.24, 2.45) is 5.92 Å². The van der Waals surface area contributed by atoms with E-state index < -0.39 is 0 Å². The van der Waals surface area contributed by atoms with Crippen LogP contribution in [-0.4, -0.2) is 18.9 Å². The van der Waals surface area contributed by atoms with Crippen molar-refractivity contribution in [1.82, 2.24) is 0 Å². The number of rotatable bonds is 7. The molecule has 0 N–H and O–H groups in total. The van der Waals surface area contributed by atoms with Gasteiger partial charge in [0.05, 0.1) is 13.5 Å². The summed E-state index contributed by atoms with van der Waals surface area (Å²) in [4.78, 5) is 23.0. The van der Waals surface area contributed by atoms with E-state index in [2.05, 4.69) is 17.7 Å². The lowest BCUT2D eigenvalue weighted by Crippen LogP contribution is -2.10. The fourth-order valence-electron chi connectivity index (χ4n) is 2.44. The summed E-state index contributed by atoms with van der Waals surface area (Å²) in [6, 6.07) is 0. The van der Waals surface area contributed by atoms with Crippen LogP contribution in [0.4, 0.5) is 0 Å². The molecule has 0 aromatic rings. The third kappa shape index (κ3) is 4.63. The molecule has 3 heteroatoms. The molecule has 102 valence electrons. The highest BCUT2D eigenvalue weighted by Gasteiger charge is 2.29. The highest BCUT2D eigenvalue weighted by molar-refractivity contribution is 5.98. The first kappa shape index (κ1) is 14.9. The van der Waals surface area contributed by atoms with Gasteiger partial charge in [-0.3, -0.25) is 9.59 Å². The summed E-state index contributed by atoms with van der Waals surface area (Å²) in [5.41, 5.74) is 0.872. The van der Waals surface area contributed by atoms with Crippen molar-refractivity contribution in [3.05, 3.63) is 11.6 Å². The van der Waals surface area contributed by atoms with Crippen LogP contribution in [0, 0.1) is 5.92 Å². The molecule has 18 heavy (non-hydrogen) atoms. The predicted octanol–water partition coefficient (Wildman–Crippen LogP) is 3.43. The molecule has 0 radical (unpaired) electrons. The van der Waals surface area contributed by atoms with E-state index in [0.717, 1.165) is 24.8 Å². The number of unbranched alkanes of at least 4 members (excludes halogenated alkanes) is 4. The van der Waals surface area contributed by atoms with Gasteiger partial charge in [0.15, 0.2) is 5.78 Å². The summed E-state index contributed by atoms with van der Waals surface area (Å²) in [5.74, 6) is 0.0992. The molecule has 0 amide bonds. The second kappa shape index (κ2) is 8.06. The number of ketones is 1. The molecule has 1 unspecified atom stereocenters. The zero-order valence-corrected chi connectivity index (χ0v) is 11.5. The lowest BCUT2D eigenvalue weighted by molar-refractivity contribution is -0.141. The highest BCUT2D eigenvalue weighted by atomic mass is 16.5. The van der Waals surface area contributed by atoms with Crippen LogP contribution >= 0.6 is 0 Å². The van der Waals surface area contributed by atoms with Gasteiger partial charge in [0.25, 0.3) is 0 Å². The minimum atomic E-state index is -0.216. The Morgan fingerprint density at radius 3 is 2.83 bits per heavy atom. The van der Waals surface area contributed by atoms with Crippen molar-refractivity contribution in [2.45, 2.75) is 58.3 Å². The van der Waals surface area contributed by atoms with Crippen LogP contribution < -0.4 is 0 Å². The van der Waals surface area contributed by atoms with Crippen molar-refractivity contribution >= 4 is 11.8 Å². The standard InChI is InChI=1S/C15H24O3/c1-3-4-5-6-7-8-13-12(9-10-14(13)16)11-15(17)18-2/h8,12H,3-7,9-11H2,1-2H3/b13-8-. The number of esters is 1. The molecular weight excluding hydrogens is 228 g/mol. The van der Waals surface area contributed by atoms with Gasteiger partial charge in [-0.05, 0) is 30.8 Å². The van der Waals surface area contributed by atoms with E-state index >= 15 is 0 Å². The lowest BCUT2D eigenvalue weighted by atomic mass is 9.97. The van der Waals surface area contributed by atoms with E-state index in [4.69, 9.17) is 0 Å². The molecule has 1 atom stereocenters. The van der Waals surface area contributed by atoms with Gasteiger partial charge < -0.3 is 4.74 Å². The largest absolute Gasteiger partial charge is 0.469 e. The average Bonchev–Trinajstić information content (AvgIpc) is 2.70. The number of allylic oxidation sites excluding steroid dienone is 2. The first-order valence-electron chi connectivity index (χ1n) is 6.99. The van der Waals surface area contributed by atoms with Crippen molar-refractivity contribution < 1.29 is 14.3 Å². The molecule has 1 rings (SSSR count). The van der Waals surface area contributed by atoms with Gasteiger partial charge in [0, 0.05) is 6.42 Å². The molecule has 0 bridgehead atoms. The van der Waals surface area contributed by atoms with Crippen LogP contribution in [0.2, 0.25) is 0 Å². The zero-order valence-electron chi connectivity index (χ0n) is 11.5. The SMILES string of the molecule is CCCCCC/C=C1\C(=O)CCC1CC(=O)OC. The van der Waals surface area contributed by atoms with E-state index in [9.17, 15) is 9.59 Å². The summed E-state index contributed by atoms with van der Waals surface area (Å²) in [7, 11) is 1.40.